The molecule has 30 heavy (non-hydrogen) atoms. The lowest BCUT2D eigenvalue weighted by Crippen LogP contribution is -1.95. The minimum absolute atomic E-state index is 0.829. The SMILES string of the molecule is [c]1cc(-c2cc3ccccc3nc2-c2ccc3ccccc3n2)nc2ccccc12. The molecule has 0 fully saturated rings. The third-order valence-corrected chi connectivity index (χ3v) is 5.35. The van der Waals surface area contributed by atoms with Crippen LogP contribution in [0.3, 0.4) is 0 Å². The van der Waals surface area contributed by atoms with E-state index in [1.165, 1.54) is 0 Å². The summed E-state index contributed by atoms with van der Waals surface area (Å²) < 4.78 is 0. The lowest BCUT2D eigenvalue weighted by molar-refractivity contribution is 1.30. The summed E-state index contributed by atoms with van der Waals surface area (Å²) in [4.78, 5) is 14.8. The van der Waals surface area contributed by atoms with Crippen LogP contribution < -0.4 is 0 Å². The highest BCUT2D eigenvalue weighted by atomic mass is 14.8. The van der Waals surface area contributed by atoms with E-state index in [9.17, 15) is 0 Å². The number of rotatable bonds is 2. The zero-order valence-corrected chi connectivity index (χ0v) is 16.1. The predicted molar refractivity (Wildman–Crippen MR) is 122 cm³/mol. The number of fused-ring (bicyclic) bond motifs is 3. The number of para-hydroxylation sites is 3. The van der Waals surface area contributed by atoms with E-state index in [4.69, 9.17) is 15.0 Å². The topological polar surface area (TPSA) is 38.7 Å². The van der Waals surface area contributed by atoms with Gasteiger partial charge >= 0.3 is 0 Å². The summed E-state index contributed by atoms with van der Waals surface area (Å²) in [5, 5.41) is 3.19. The highest BCUT2D eigenvalue weighted by Gasteiger charge is 2.14. The molecule has 0 saturated carbocycles. The molecule has 139 valence electrons. The molecule has 6 rings (SSSR count). The van der Waals surface area contributed by atoms with Gasteiger partial charge in [-0.2, -0.15) is 0 Å². The van der Waals surface area contributed by atoms with Gasteiger partial charge in [0.25, 0.3) is 0 Å². The molecule has 0 spiro atoms. The van der Waals surface area contributed by atoms with Gasteiger partial charge in [-0.15, -0.1) is 0 Å². The highest BCUT2D eigenvalue weighted by molar-refractivity contribution is 5.92. The van der Waals surface area contributed by atoms with Crippen LogP contribution in [0.2, 0.25) is 0 Å². The van der Waals surface area contributed by atoms with E-state index in [1.54, 1.807) is 0 Å². The maximum atomic E-state index is 4.99. The number of hydrogen-bond acceptors (Lipinski definition) is 3. The first-order valence-corrected chi connectivity index (χ1v) is 9.89. The van der Waals surface area contributed by atoms with Gasteiger partial charge in [0, 0.05) is 21.7 Å². The summed E-state index contributed by atoms with van der Waals surface area (Å²) in [6.07, 6.45) is 0. The van der Waals surface area contributed by atoms with Crippen LogP contribution in [0.1, 0.15) is 0 Å². The Labute approximate surface area is 173 Å². The van der Waals surface area contributed by atoms with Gasteiger partial charge < -0.3 is 0 Å². The second-order valence-corrected chi connectivity index (χ2v) is 7.27. The maximum Gasteiger partial charge on any atom is 0.0988 e. The second-order valence-electron chi connectivity index (χ2n) is 7.27. The van der Waals surface area contributed by atoms with Crippen LogP contribution in [0, 0.1) is 6.07 Å². The molecular formula is C27H16N3. The Morgan fingerprint density at radius 2 is 1.20 bits per heavy atom. The smallest absolute Gasteiger partial charge is 0.0988 e. The Balaban J connectivity index is 1.64. The molecule has 0 aliphatic rings. The molecule has 3 nitrogen and oxygen atoms in total. The Morgan fingerprint density at radius 1 is 0.533 bits per heavy atom. The Kier molecular flexibility index (Phi) is 3.78. The number of pyridine rings is 3. The van der Waals surface area contributed by atoms with Crippen molar-refractivity contribution in [3.05, 3.63) is 103 Å². The van der Waals surface area contributed by atoms with Crippen molar-refractivity contribution in [1.82, 2.24) is 15.0 Å². The molecular weight excluding hydrogens is 366 g/mol. The third kappa shape index (κ3) is 2.80. The average molecular weight is 382 g/mol. The zero-order valence-electron chi connectivity index (χ0n) is 16.1. The Hall–Kier alpha value is -4.11. The quantitative estimate of drug-likeness (QED) is 0.345. The van der Waals surface area contributed by atoms with Crippen LogP contribution in [-0.4, -0.2) is 15.0 Å². The van der Waals surface area contributed by atoms with Crippen LogP contribution in [0.4, 0.5) is 0 Å². The standard InChI is InChI=1S/C27H16N3/c1-4-10-22-18(7-1)13-15-25(28-22)21-17-20-9-3-6-12-24(20)30-27(21)26-16-14-19-8-2-5-11-23(19)29-26/h1-12,14-17H. The van der Waals surface area contributed by atoms with E-state index >= 15 is 0 Å². The first-order valence-electron chi connectivity index (χ1n) is 9.89. The van der Waals surface area contributed by atoms with Crippen molar-refractivity contribution in [1.29, 1.82) is 0 Å². The number of benzene rings is 3. The first kappa shape index (κ1) is 16.8. The van der Waals surface area contributed by atoms with E-state index in [0.29, 0.717) is 0 Å². The molecule has 3 aromatic heterocycles. The minimum atomic E-state index is 0.829. The molecule has 0 amide bonds. The van der Waals surface area contributed by atoms with Gasteiger partial charge in [0.2, 0.25) is 0 Å². The van der Waals surface area contributed by atoms with Crippen LogP contribution in [0.5, 0.6) is 0 Å². The van der Waals surface area contributed by atoms with Crippen molar-refractivity contribution >= 4 is 32.7 Å². The molecule has 6 aromatic rings. The van der Waals surface area contributed by atoms with E-state index in [1.807, 2.05) is 72.8 Å². The second kappa shape index (κ2) is 6.75. The third-order valence-electron chi connectivity index (χ3n) is 5.35. The van der Waals surface area contributed by atoms with Gasteiger partial charge in [-0.25, -0.2) is 15.0 Å². The molecule has 0 bridgehead atoms. The number of nitrogens with zero attached hydrogens (tertiary/aromatic N) is 3. The Morgan fingerprint density at radius 3 is 2.07 bits per heavy atom. The average Bonchev–Trinajstić information content (AvgIpc) is 2.82. The predicted octanol–water partition coefficient (Wildman–Crippen LogP) is 6.47. The van der Waals surface area contributed by atoms with Crippen LogP contribution >= 0.6 is 0 Å². The first-order chi connectivity index (χ1) is 14.8. The summed E-state index contributed by atoms with van der Waals surface area (Å²) in [6.45, 7) is 0. The Bertz CT molecular complexity index is 1440. The van der Waals surface area contributed by atoms with Crippen molar-refractivity contribution in [2.45, 2.75) is 0 Å². The van der Waals surface area contributed by atoms with E-state index in [0.717, 1.165) is 55.4 Å². The summed E-state index contributed by atoms with van der Waals surface area (Å²) in [6, 6.07) is 35.9. The maximum absolute atomic E-state index is 4.99. The van der Waals surface area contributed by atoms with E-state index in [2.05, 4.69) is 30.3 Å². The fourth-order valence-electron chi connectivity index (χ4n) is 3.84. The lowest BCUT2D eigenvalue weighted by atomic mass is 10.0. The summed E-state index contributed by atoms with van der Waals surface area (Å²) in [5.41, 5.74) is 6.28. The van der Waals surface area contributed by atoms with Gasteiger partial charge in [0.15, 0.2) is 0 Å². The van der Waals surface area contributed by atoms with Crippen LogP contribution in [0.15, 0.2) is 97.1 Å². The largest absolute Gasteiger partial charge is 0.248 e. The molecule has 3 aromatic carbocycles. The van der Waals surface area contributed by atoms with Crippen molar-refractivity contribution < 1.29 is 0 Å². The fourth-order valence-corrected chi connectivity index (χ4v) is 3.84. The molecule has 1 radical (unpaired) electrons. The van der Waals surface area contributed by atoms with Gasteiger partial charge in [-0.3, -0.25) is 0 Å². The van der Waals surface area contributed by atoms with Crippen molar-refractivity contribution in [3.8, 4) is 22.6 Å². The normalized spacial score (nSPS) is 11.3. The molecule has 0 aliphatic carbocycles. The molecule has 0 saturated heterocycles. The number of aromatic nitrogens is 3. The minimum Gasteiger partial charge on any atom is -0.248 e. The van der Waals surface area contributed by atoms with Gasteiger partial charge in [-0.05, 0) is 42.5 Å². The molecule has 3 heterocycles. The van der Waals surface area contributed by atoms with Crippen molar-refractivity contribution in [2.24, 2.45) is 0 Å². The van der Waals surface area contributed by atoms with Crippen molar-refractivity contribution in [2.75, 3.05) is 0 Å². The highest BCUT2D eigenvalue weighted by Crippen LogP contribution is 2.33. The molecule has 0 aliphatic heterocycles. The summed E-state index contributed by atoms with van der Waals surface area (Å²) >= 11 is 0. The van der Waals surface area contributed by atoms with Gasteiger partial charge in [0.1, 0.15) is 0 Å². The zero-order chi connectivity index (χ0) is 19.9. The van der Waals surface area contributed by atoms with E-state index < -0.39 is 0 Å². The molecule has 3 heteroatoms. The fraction of sp³-hybridized carbons (Fsp3) is 0. The molecule has 0 unspecified atom stereocenters. The monoisotopic (exact) mass is 382 g/mol. The molecule has 0 N–H and O–H groups in total. The van der Waals surface area contributed by atoms with Gasteiger partial charge in [0.05, 0.1) is 33.6 Å². The van der Waals surface area contributed by atoms with Crippen LogP contribution in [0.25, 0.3) is 55.4 Å². The van der Waals surface area contributed by atoms with Crippen molar-refractivity contribution in [3.63, 3.8) is 0 Å². The number of hydrogen-bond donors (Lipinski definition) is 0. The lowest BCUT2D eigenvalue weighted by Gasteiger charge is -2.11. The van der Waals surface area contributed by atoms with Crippen LogP contribution in [-0.2, 0) is 0 Å². The molecule has 0 atom stereocenters. The van der Waals surface area contributed by atoms with Gasteiger partial charge in [-0.1, -0.05) is 60.7 Å². The van der Waals surface area contributed by atoms with E-state index in [-0.39, 0.29) is 0 Å². The summed E-state index contributed by atoms with van der Waals surface area (Å²) in [7, 11) is 0. The summed E-state index contributed by atoms with van der Waals surface area (Å²) in [5.74, 6) is 0.